The van der Waals surface area contributed by atoms with Crippen molar-refractivity contribution in [3.05, 3.63) is 11.1 Å². The molecule has 0 radical (unpaired) electrons. The van der Waals surface area contributed by atoms with Gasteiger partial charge in [0, 0.05) is 5.38 Å². The lowest BCUT2D eigenvalue weighted by Crippen LogP contribution is -2.65. The number of hydrogen-bond donors (Lipinski definition) is 1. The highest BCUT2D eigenvalue weighted by atomic mass is 32.1. The van der Waals surface area contributed by atoms with Gasteiger partial charge in [-0.15, -0.1) is 5.10 Å². The molecule has 0 bridgehead atoms. The van der Waals surface area contributed by atoms with Crippen LogP contribution < -0.4 is 5.32 Å². The van der Waals surface area contributed by atoms with Crippen molar-refractivity contribution in [3.63, 3.8) is 0 Å². The predicted octanol–water partition coefficient (Wildman–Crippen LogP) is -0.585. The van der Waals surface area contributed by atoms with Gasteiger partial charge in [-0.1, -0.05) is 4.49 Å². The number of carbonyl (C=O) groups is 3. The van der Waals surface area contributed by atoms with Crippen LogP contribution in [0.2, 0.25) is 0 Å². The molecular formula is C9H10N4O3S. The molecule has 1 aliphatic rings. The van der Waals surface area contributed by atoms with Gasteiger partial charge in [0.1, 0.15) is 12.1 Å². The van der Waals surface area contributed by atoms with E-state index in [0.29, 0.717) is 0 Å². The Hall–Kier alpha value is -1.83. The highest BCUT2D eigenvalue weighted by molar-refractivity contribution is 7.03. The second kappa shape index (κ2) is 3.88. The first-order chi connectivity index (χ1) is 7.93. The lowest BCUT2D eigenvalue weighted by atomic mass is 9.98. The van der Waals surface area contributed by atoms with E-state index in [0.717, 1.165) is 11.5 Å². The second-order valence-corrected chi connectivity index (χ2v) is 4.73. The van der Waals surface area contributed by atoms with Crippen LogP contribution in [-0.4, -0.2) is 44.3 Å². The molecule has 2 rings (SSSR count). The fraction of sp³-hybridized carbons (Fsp3) is 0.444. The fourth-order valence-corrected chi connectivity index (χ4v) is 1.93. The maximum atomic E-state index is 12.1. The molecule has 90 valence electrons. The SMILES string of the molecule is CC1(C)C(=O)NC(=O)CN1C(=O)c1csnn1. The molecule has 0 aliphatic carbocycles. The Balaban J connectivity index is 2.33. The molecule has 1 fully saturated rings. The minimum atomic E-state index is -1.07. The molecule has 17 heavy (non-hydrogen) atoms. The molecule has 0 unspecified atom stereocenters. The summed E-state index contributed by atoms with van der Waals surface area (Å²) < 4.78 is 3.58. The summed E-state index contributed by atoms with van der Waals surface area (Å²) >= 11 is 1.04. The Kier molecular flexibility index (Phi) is 2.66. The number of nitrogens with one attached hydrogen (secondary N) is 1. The number of aromatic nitrogens is 2. The van der Waals surface area contributed by atoms with E-state index in [-0.39, 0.29) is 12.2 Å². The van der Waals surface area contributed by atoms with Crippen LogP contribution in [0, 0.1) is 0 Å². The van der Waals surface area contributed by atoms with Gasteiger partial charge < -0.3 is 4.90 Å². The van der Waals surface area contributed by atoms with E-state index in [1.54, 1.807) is 13.8 Å². The van der Waals surface area contributed by atoms with Gasteiger partial charge in [-0.2, -0.15) is 0 Å². The predicted molar refractivity (Wildman–Crippen MR) is 58.2 cm³/mol. The Morgan fingerprint density at radius 2 is 2.24 bits per heavy atom. The van der Waals surface area contributed by atoms with Crippen molar-refractivity contribution in [2.24, 2.45) is 0 Å². The molecule has 0 atom stereocenters. The summed E-state index contributed by atoms with van der Waals surface area (Å²) in [5, 5.41) is 7.32. The molecule has 1 N–H and O–H groups in total. The van der Waals surface area contributed by atoms with Gasteiger partial charge in [0.2, 0.25) is 5.91 Å². The summed E-state index contributed by atoms with van der Waals surface area (Å²) in [6.07, 6.45) is 0. The van der Waals surface area contributed by atoms with Crippen LogP contribution in [-0.2, 0) is 9.59 Å². The van der Waals surface area contributed by atoms with Crippen LogP contribution in [0.3, 0.4) is 0 Å². The first kappa shape index (κ1) is 11.6. The van der Waals surface area contributed by atoms with Crippen LogP contribution in [0.1, 0.15) is 24.3 Å². The van der Waals surface area contributed by atoms with E-state index in [2.05, 4.69) is 14.9 Å². The standard InChI is InChI=1S/C9H10N4O3S/c1-9(2)8(16)10-6(14)3-13(9)7(15)5-4-17-12-11-5/h4H,3H2,1-2H3,(H,10,14,16). The molecule has 2 heterocycles. The second-order valence-electron chi connectivity index (χ2n) is 4.12. The van der Waals surface area contributed by atoms with Crippen molar-refractivity contribution in [2.45, 2.75) is 19.4 Å². The number of amides is 3. The van der Waals surface area contributed by atoms with Crippen LogP contribution in [0.25, 0.3) is 0 Å². The number of piperazine rings is 1. The van der Waals surface area contributed by atoms with E-state index in [1.165, 1.54) is 10.3 Å². The highest BCUT2D eigenvalue weighted by Gasteiger charge is 2.44. The number of rotatable bonds is 1. The van der Waals surface area contributed by atoms with Crippen molar-refractivity contribution in [1.82, 2.24) is 19.8 Å². The molecule has 0 spiro atoms. The molecule has 0 saturated carbocycles. The zero-order valence-corrected chi connectivity index (χ0v) is 10.1. The van der Waals surface area contributed by atoms with Crippen LogP contribution in [0.5, 0.6) is 0 Å². The van der Waals surface area contributed by atoms with Gasteiger partial charge >= 0.3 is 0 Å². The largest absolute Gasteiger partial charge is 0.314 e. The third kappa shape index (κ3) is 1.91. The van der Waals surface area contributed by atoms with Gasteiger partial charge in [-0.3, -0.25) is 19.7 Å². The van der Waals surface area contributed by atoms with Crippen LogP contribution in [0.15, 0.2) is 5.38 Å². The highest BCUT2D eigenvalue weighted by Crippen LogP contribution is 2.20. The third-order valence-corrected chi connectivity index (χ3v) is 3.11. The number of hydrogen-bond acceptors (Lipinski definition) is 6. The first-order valence-electron chi connectivity index (χ1n) is 4.86. The van der Waals surface area contributed by atoms with Gasteiger partial charge in [0.05, 0.1) is 0 Å². The normalized spacial score (nSPS) is 19.1. The van der Waals surface area contributed by atoms with Crippen molar-refractivity contribution in [2.75, 3.05) is 6.54 Å². The topological polar surface area (TPSA) is 92.3 Å². The van der Waals surface area contributed by atoms with Crippen molar-refractivity contribution in [3.8, 4) is 0 Å². The van der Waals surface area contributed by atoms with E-state index in [9.17, 15) is 14.4 Å². The minimum Gasteiger partial charge on any atom is -0.314 e. The summed E-state index contributed by atoms with van der Waals surface area (Å²) in [7, 11) is 0. The maximum absolute atomic E-state index is 12.1. The Morgan fingerprint density at radius 1 is 1.53 bits per heavy atom. The fourth-order valence-electron chi connectivity index (χ4n) is 1.50. The average Bonchev–Trinajstić information content (AvgIpc) is 2.76. The number of carbonyl (C=O) groups excluding carboxylic acids is 3. The molecule has 3 amide bonds. The maximum Gasteiger partial charge on any atom is 0.276 e. The van der Waals surface area contributed by atoms with E-state index in [4.69, 9.17) is 0 Å². The van der Waals surface area contributed by atoms with Crippen molar-refractivity contribution in [1.29, 1.82) is 0 Å². The first-order valence-corrected chi connectivity index (χ1v) is 5.70. The van der Waals surface area contributed by atoms with Gasteiger partial charge in [0.15, 0.2) is 5.69 Å². The monoisotopic (exact) mass is 254 g/mol. The lowest BCUT2D eigenvalue weighted by Gasteiger charge is -2.39. The Labute approximate surface area is 101 Å². The molecular weight excluding hydrogens is 244 g/mol. The molecule has 1 aliphatic heterocycles. The van der Waals surface area contributed by atoms with Gasteiger partial charge in [-0.25, -0.2) is 0 Å². The molecule has 0 aromatic carbocycles. The molecule has 1 saturated heterocycles. The molecule has 1 aromatic heterocycles. The summed E-state index contributed by atoms with van der Waals surface area (Å²) in [4.78, 5) is 36.2. The summed E-state index contributed by atoms with van der Waals surface area (Å²) in [5.41, 5.74) is -0.931. The van der Waals surface area contributed by atoms with Crippen molar-refractivity contribution >= 4 is 29.3 Å². The number of imide groups is 1. The molecule has 8 heteroatoms. The summed E-state index contributed by atoms with van der Waals surface area (Å²) in [6, 6.07) is 0. The van der Waals surface area contributed by atoms with Gasteiger partial charge in [-0.05, 0) is 25.4 Å². The average molecular weight is 254 g/mol. The Morgan fingerprint density at radius 3 is 2.82 bits per heavy atom. The summed E-state index contributed by atoms with van der Waals surface area (Å²) in [5.74, 6) is -1.46. The smallest absolute Gasteiger partial charge is 0.276 e. The third-order valence-electron chi connectivity index (χ3n) is 2.61. The molecule has 7 nitrogen and oxygen atoms in total. The van der Waals surface area contributed by atoms with Crippen LogP contribution >= 0.6 is 11.5 Å². The van der Waals surface area contributed by atoms with Crippen molar-refractivity contribution < 1.29 is 14.4 Å². The zero-order chi connectivity index (χ0) is 12.6. The van der Waals surface area contributed by atoms with Gasteiger partial charge in [0.25, 0.3) is 11.8 Å². The minimum absolute atomic E-state index is 0.144. The molecule has 1 aromatic rings. The van der Waals surface area contributed by atoms with E-state index in [1.807, 2.05) is 0 Å². The van der Waals surface area contributed by atoms with Crippen LogP contribution in [0.4, 0.5) is 0 Å². The van der Waals surface area contributed by atoms with E-state index < -0.39 is 23.3 Å². The zero-order valence-electron chi connectivity index (χ0n) is 9.26. The van der Waals surface area contributed by atoms with E-state index >= 15 is 0 Å². The Bertz CT molecular complexity index is 482. The summed E-state index contributed by atoms with van der Waals surface area (Å²) in [6.45, 7) is 2.99. The lowest BCUT2D eigenvalue weighted by molar-refractivity contribution is -0.143. The quantitative estimate of drug-likeness (QED) is 0.676. The number of nitrogens with zero attached hydrogens (tertiary/aromatic N) is 3.